The number of fused-ring (bicyclic) bond motifs is 1. The molecule has 1 fully saturated rings. The summed E-state index contributed by atoms with van der Waals surface area (Å²) in [5, 5.41) is 3.14. The molecule has 4 rings (SSSR count). The van der Waals surface area contributed by atoms with Gasteiger partial charge in [-0.1, -0.05) is 0 Å². The predicted octanol–water partition coefficient (Wildman–Crippen LogP) is 2.12. The maximum Gasteiger partial charge on any atom is 0.261 e. The second-order valence-corrected chi connectivity index (χ2v) is 7.23. The molecular weight excluding hydrogens is 324 g/mol. The van der Waals surface area contributed by atoms with Crippen molar-refractivity contribution < 1.29 is 4.79 Å². The fourth-order valence-corrected chi connectivity index (χ4v) is 3.81. The molecule has 0 unspecified atom stereocenters. The minimum atomic E-state index is 0.0320. The monoisotopic (exact) mass is 342 g/mol. The second kappa shape index (κ2) is 6.20. The number of thiophene rings is 1. The lowest BCUT2D eigenvalue weighted by molar-refractivity contribution is 0.0935. The average molecular weight is 342 g/mol. The molecule has 1 aliphatic rings. The Morgan fingerprint density at radius 2 is 2.12 bits per heavy atom. The third kappa shape index (κ3) is 2.84. The molecule has 1 amide bonds. The van der Waals surface area contributed by atoms with Crippen LogP contribution >= 0.6 is 11.3 Å². The standard InChI is InChI=1S/C16H18N6OS/c1-10-2-3-12(24-10)16(23)21-11-4-6-22(7-5-11)15-13-14(18-8-17-13)19-9-20-15/h2-3,8-9,11H,4-7H2,1H3,(H,21,23)(H,17,18,19,20). The van der Waals surface area contributed by atoms with Crippen LogP contribution in [0.3, 0.4) is 0 Å². The molecule has 0 aromatic carbocycles. The number of imidazole rings is 1. The van der Waals surface area contributed by atoms with E-state index in [1.165, 1.54) is 11.3 Å². The zero-order valence-electron chi connectivity index (χ0n) is 13.3. The largest absolute Gasteiger partial charge is 0.355 e. The number of nitrogens with one attached hydrogen (secondary N) is 2. The number of aromatic amines is 1. The molecule has 1 saturated heterocycles. The van der Waals surface area contributed by atoms with Crippen LogP contribution in [0, 0.1) is 6.92 Å². The second-order valence-electron chi connectivity index (χ2n) is 5.94. The van der Waals surface area contributed by atoms with Crippen molar-refractivity contribution in [1.29, 1.82) is 0 Å². The Hall–Kier alpha value is -2.48. The summed E-state index contributed by atoms with van der Waals surface area (Å²) in [6, 6.07) is 4.07. The van der Waals surface area contributed by atoms with Gasteiger partial charge < -0.3 is 15.2 Å². The van der Waals surface area contributed by atoms with Crippen LogP contribution in [0.2, 0.25) is 0 Å². The van der Waals surface area contributed by atoms with E-state index in [0.717, 1.165) is 47.0 Å². The molecule has 8 heteroatoms. The molecule has 7 nitrogen and oxygen atoms in total. The Bertz CT molecular complexity index is 864. The molecule has 0 radical (unpaired) electrons. The van der Waals surface area contributed by atoms with Gasteiger partial charge in [-0.3, -0.25) is 4.79 Å². The average Bonchev–Trinajstić information content (AvgIpc) is 3.24. The maximum atomic E-state index is 12.3. The molecule has 3 aromatic heterocycles. The first kappa shape index (κ1) is 15.1. The van der Waals surface area contributed by atoms with Crippen molar-refractivity contribution in [2.75, 3.05) is 18.0 Å². The molecule has 0 spiro atoms. The summed E-state index contributed by atoms with van der Waals surface area (Å²) in [5.74, 6) is 0.917. The Morgan fingerprint density at radius 3 is 2.88 bits per heavy atom. The van der Waals surface area contributed by atoms with Crippen molar-refractivity contribution in [2.24, 2.45) is 0 Å². The van der Waals surface area contributed by atoms with Crippen LogP contribution < -0.4 is 10.2 Å². The zero-order valence-corrected chi connectivity index (χ0v) is 14.1. The summed E-state index contributed by atoms with van der Waals surface area (Å²) in [5.41, 5.74) is 1.55. The molecular formula is C16H18N6OS. The Kier molecular flexibility index (Phi) is 3.89. The number of anilines is 1. The van der Waals surface area contributed by atoms with Gasteiger partial charge in [0.05, 0.1) is 11.2 Å². The maximum absolute atomic E-state index is 12.3. The van der Waals surface area contributed by atoms with Gasteiger partial charge in [0.1, 0.15) is 11.8 Å². The lowest BCUT2D eigenvalue weighted by atomic mass is 10.0. The highest BCUT2D eigenvalue weighted by atomic mass is 32.1. The lowest BCUT2D eigenvalue weighted by Gasteiger charge is -2.33. The van der Waals surface area contributed by atoms with E-state index in [2.05, 4.69) is 30.2 Å². The van der Waals surface area contributed by atoms with Crippen molar-refractivity contribution in [3.63, 3.8) is 0 Å². The first-order valence-electron chi connectivity index (χ1n) is 7.97. The van der Waals surface area contributed by atoms with Crippen LogP contribution in [-0.2, 0) is 0 Å². The predicted molar refractivity (Wildman–Crippen MR) is 93.4 cm³/mol. The van der Waals surface area contributed by atoms with E-state index < -0.39 is 0 Å². The highest BCUT2D eigenvalue weighted by Gasteiger charge is 2.24. The molecule has 0 bridgehead atoms. The smallest absolute Gasteiger partial charge is 0.261 e. The number of hydrogen-bond donors (Lipinski definition) is 2. The fraction of sp³-hybridized carbons (Fsp3) is 0.375. The van der Waals surface area contributed by atoms with Crippen molar-refractivity contribution in [1.82, 2.24) is 25.3 Å². The summed E-state index contributed by atoms with van der Waals surface area (Å²) < 4.78 is 0. The van der Waals surface area contributed by atoms with E-state index in [1.807, 2.05) is 19.1 Å². The summed E-state index contributed by atoms with van der Waals surface area (Å²) in [4.78, 5) is 32.3. The minimum absolute atomic E-state index is 0.0320. The molecule has 0 saturated carbocycles. The molecule has 3 aromatic rings. The quantitative estimate of drug-likeness (QED) is 0.761. The molecule has 4 heterocycles. The first-order chi connectivity index (χ1) is 11.7. The van der Waals surface area contributed by atoms with E-state index in [4.69, 9.17) is 0 Å². The van der Waals surface area contributed by atoms with Gasteiger partial charge in [-0.05, 0) is 31.9 Å². The number of carbonyl (C=O) groups is 1. The molecule has 24 heavy (non-hydrogen) atoms. The number of amides is 1. The van der Waals surface area contributed by atoms with Gasteiger partial charge in [0.2, 0.25) is 0 Å². The summed E-state index contributed by atoms with van der Waals surface area (Å²) >= 11 is 1.53. The van der Waals surface area contributed by atoms with Crippen LogP contribution in [0.25, 0.3) is 11.2 Å². The topological polar surface area (TPSA) is 86.8 Å². The zero-order chi connectivity index (χ0) is 16.5. The van der Waals surface area contributed by atoms with Crippen molar-refractivity contribution in [2.45, 2.75) is 25.8 Å². The minimum Gasteiger partial charge on any atom is -0.355 e. The van der Waals surface area contributed by atoms with Gasteiger partial charge in [0.15, 0.2) is 11.5 Å². The Labute approximate surface area is 143 Å². The SMILES string of the molecule is Cc1ccc(C(=O)NC2CCN(c3ncnc4nc[nH]c34)CC2)s1. The van der Waals surface area contributed by atoms with Crippen molar-refractivity contribution in [3.05, 3.63) is 34.5 Å². The summed E-state index contributed by atoms with van der Waals surface area (Å²) in [7, 11) is 0. The number of rotatable bonds is 3. The number of H-pyrrole nitrogens is 1. The summed E-state index contributed by atoms with van der Waals surface area (Å²) in [6.45, 7) is 3.71. The summed E-state index contributed by atoms with van der Waals surface area (Å²) in [6.07, 6.45) is 4.98. The normalized spacial score (nSPS) is 15.8. The lowest BCUT2D eigenvalue weighted by Crippen LogP contribution is -2.44. The molecule has 124 valence electrons. The van der Waals surface area contributed by atoms with E-state index >= 15 is 0 Å². The number of nitrogens with zero attached hydrogens (tertiary/aromatic N) is 4. The van der Waals surface area contributed by atoms with Gasteiger partial charge >= 0.3 is 0 Å². The van der Waals surface area contributed by atoms with E-state index in [-0.39, 0.29) is 11.9 Å². The van der Waals surface area contributed by atoms with E-state index in [9.17, 15) is 4.79 Å². The number of hydrogen-bond acceptors (Lipinski definition) is 6. The van der Waals surface area contributed by atoms with Crippen molar-refractivity contribution in [3.8, 4) is 0 Å². The molecule has 0 aliphatic carbocycles. The van der Waals surface area contributed by atoms with Crippen LogP contribution in [0.1, 0.15) is 27.4 Å². The van der Waals surface area contributed by atoms with E-state index in [0.29, 0.717) is 5.65 Å². The molecule has 0 atom stereocenters. The first-order valence-corrected chi connectivity index (χ1v) is 8.78. The van der Waals surface area contributed by atoms with Gasteiger partial charge in [-0.2, -0.15) is 0 Å². The van der Waals surface area contributed by atoms with Gasteiger partial charge in [-0.25, -0.2) is 15.0 Å². The number of aryl methyl sites for hydroxylation is 1. The highest BCUT2D eigenvalue weighted by molar-refractivity contribution is 7.13. The van der Waals surface area contributed by atoms with Gasteiger partial charge in [0, 0.05) is 24.0 Å². The van der Waals surface area contributed by atoms with Crippen LogP contribution in [-0.4, -0.2) is 45.0 Å². The fourth-order valence-electron chi connectivity index (χ4n) is 3.04. The van der Waals surface area contributed by atoms with Crippen molar-refractivity contribution >= 4 is 34.2 Å². The van der Waals surface area contributed by atoms with Crippen LogP contribution in [0.5, 0.6) is 0 Å². The van der Waals surface area contributed by atoms with Crippen LogP contribution in [0.15, 0.2) is 24.8 Å². The van der Waals surface area contributed by atoms with Gasteiger partial charge in [0.25, 0.3) is 5.91 Å². The number of aromatic nitrogens is 4. The molecule has 2 N–H and O–H groups in total. The van der Waals surface area contributed by atoms with Gasteiger partial charge in [-0.15, -0.1) is 11.3 Å². The van der Waals surface area contributed by atoms with Crippen LogP contribution in [0.4, 0.5) is 5.82 Å². The third-order valence-corrected chi connectivity index (χ3v) is 5.30. The third-order valence-electron chi connectivity index (χ3n) is 4.30. The Balaban J connectivity index is 1.40. The highest BCUT2D eigenvalue weighted by Crippen LogP contribution is 2.23. The van der Waals surface area contributed by atoms with E-state index in [1.54, 1.807) is 12.7 Å². The Morgan fingerprint density at radius 1 is 1.29 bits per heavy atom. The number of carbonyl (C=O) groups excluding carboxylic acids is 1. The number of piperidine rings is 1. The molecule has 1 aliphatic heterocycles.